The smallest absolute Gasteiger partial charge is 0.305 e. The SMILES string of the molecule is CCOC(=O)CCCCCc1cc(C)sc1-c1ccc(C)c2nsnc12. The third-order valence-electron chi connectivity index (χ3n) is 4.43. The summed E-state index contributed by atoms with van der Waals surface area (Å²) in [7, 11) is 0. The van der Waals surface area contributed by atoms with Gasteiger partial charge in [0, 0.05) is 21.7 Å². The molecule has 0 spiro atoms. The number of aromatic nitrogens is 2. The Bertz CT molecular complexity index is 898. The zero-order valence-electron chi connectivity index (χ0n) is 15.5. The van der Waals surface area contributed by atoms with Crippen LogP contribution in [-0.2, 0) is 16.0 Å². The Morgan fingerprint density at radius 3 is 2.73 bits per heavy atom. The van der Waals surface area contributed by atoms with Crippen LogP contribution in [0, 0.1) is 13.8 Å². The number of rotatable bonds is 8. The Balaban J connectivity index is 1.70. The molecule has 0 saturated heterocycles. The normalized spacial score (nSPS) is 11.2. The number of hydrogen-bond donors (Lipinski definition) is 0. The van der Waals surface area contributed by atoms with Gasteiger partial charge in [-0.05, 0) is 57.2 Å². The van der Waals surface area contributed by atoms with E-state index < -0.39 is 0 Å². The van der Waals surface area contributed by atoms with E-state index in [1.807, 2.05) is 18.3 Å². The van der Waals surface area contributed by atoms with E-state index >= 15 is 0 Å². The minimum absolute atomic E-state index is 0.0855. The number of hydrogen-bond acceptors (Lipinski definition) is 6. The van der Waals surface area contributed by atoms with Crippen molar-refractivity contribution in [3.63, 3.8) is 0 Å². The second kappa shape index (κ2) is 8.73. The Kier molecular flexibility index (Phi) is 6.38. The van der Waals surface area contributed by atoms with Gasteiger partial charge >= 0.3 is 5.97 Å². The molecule has 4 nitrogen and oxygen atoms in total. The van der Waals surface area contributed by atoms with Gasteiger partial charge in [-0.1, -0.05) is 18.6 Å². The first kappa shape index (κ1) is 19.0. The second-order valence-corrected chi connectivity index (χ2v) is 8.25. The topological polar surface area (TPSA) is 52.1 Å². The van der Waals surface area contributed by atoms with Crippen LogP contribution in [0.3, 0.4) is 0 Å². The number of esters is 1. The zero-order valence-corrected chi connectivity index (χ0v) is 17.1. The molecule has 0 saturated carbocycles. The summed E-state index contributed by atoms with van der Waals surface area (Å²) in [6.07, 6.45) is 4.55. The summed E-state index contributed by atoms with van der Waals surface area (Å²) >= 11 is 3.11. The number of thiophene rings is 1. The molecule has 138 valence electrons. The molecule has 0 atom stereocenters. The molecule has 0 N–H and O–H groups in total. The minimum atomic E-state index is -0.0855. The summed E-state index contributed by atoms with van der Waals surface area (Å²) < 4.78 is 14.0. The van der Waals surface area contributed by atoms with E-state index in [2.05, 4.69) is 40.8 Å². The van der Waals surface area contributed by atoms with Crippen LogP contribution in [0.25, 0.3) is 21.5 Å². The highest BCUT2D eigenvalue weighted by atomic mass is 32.1. The van der Waals surface area contributed by atoms with Crippen LogP contribution in [-0.4, -0.2) is 21.3 Å². The molecule has 3 rings (SSSR count). The molecule has 3 aromatic rings. The Hall–Kier alpha value is -1.79. The van der Waals surface area contributed by atoms with Crippen molar-refractivity contribution >= 4 is 40.1 Å². The predicted molar refractivity (Wildman–Crippen MR) is 109 cm³/mol. The van der Waals surface area contributed by atoms with E-state index in [0.717, 1.165) is 36.7 Å². The van der Waals surface area contributed by atoms with Crippen molar-refractivity contribution in [2.75, 3.05) is 6.61 Å². The predicted octanol–water partition coefficient (Wildman–Crippen LogP) is 5.70. The Labute approximate surface area is 162 Å². The van der Waals surface area contributed by atoms with Gasteiger partial charge in [-0.25, -0.2) is 0 Å². The number of nitrogens with zero attached hydrogens (tertiary/aromatic N) is 2. The first-order valence-electron chi connectivity index (χ1n) is 9.07. The lowest BCUT2D eigenvalue weighted by atomic mass is 10.0. The summed E-state index contributed by atoms with van der Waals surface area (Å²) in [5, 5.41) is 0. The zero-order chi connectivity index (χ0) is 18.5. The van der Waals surface area contributed by atoms with Crippen molar-refractivity contribution in [3.8, 4) is 10.4 Å². The number of carbonyl (C=O) groups is 1. The van der Waals surface area contributed by atoms with Crippen molar-refractivity contribution in [1.82, 2.24) is 8.75 Å². The lowest BCUT2D eigenvalue weighted by Gasteiger charge is -2.06. The summed E-state index contributed by atoms with van der Waals surface area (Å²) in [5.41, 5.74) is 5.77. The van der Waals surface area contributed by atoms with Gasteiger partial charge in [0.25, 0.3) is 0 Å². The monoisotopic (exact) mass is 388 g/mol. The van der Waals surface area contributed by atoms with Crippen LogP contribution in [0.5, 0.6) is 0 Å². The molecule has 26 heavy (non-hydrogen) atoms. The maximum Gasteiger partial charge on any atom is 0.305 e. The van der Waals surface area contributed by atoms with E-state index in [9.17, 15) is 4.79 Å². The second-order valence-electron chi connectivity index (χ2n) is 6.47. The van der Waals surface area contributed by atoms with Crippen molar-refractivity contribution in [3.05, 3.63) is 34.2 Å². The third kappa shape index (κ3) is 4.30. The Morgan fingerprint density at radius 2 is 1.92 bits per heavy atom. The van der Waals surface area contributed by atoms with Crippen LogP contribution in [0.1, 0.15) is 48.6 Å². The molecule has 0 radical (unpaired) electrons. The summed E-state index contributed by atoms with van der Waals surface area (Å²) in [4.78, 5) is 14.0. The van der Waals surface area contributed by atoms with Crippen molar-refractivity contribution < 1.29 is 9.53 Å². The molecule has 2 heterocycles. The molecule has 2 aromatic heterocycles. The fraction of sp³-hybridized carbons (Fsp3) is 0.450. The van der Waals surface area contributed by atoms with Crippen LogP contribution < -0.4 is 0 Å². The van der Waals surface area contributed by atoms with Gasteiger partial charge in [-0.15, -0.1) is 11.3 Å². The molecule has 0 aliphatic heterocycles. The van der Waals surface area contributed by atoms with Gasteiger partial charge in [-0.2, -0.15) is 8.75 Å². The summed E-state index contributed by atoms with van der Waals surface area (Å²) in [5.74, 6) is -0.0855. The first-order chi connectivity index (χ1) is 12.6. The van der Waals surface area contributed by atoms with E-state index in [0.29, 0.717) is 13.0 Å². The van der Waals surface area contributed by atoms with E-state index in [1.54, 1.807) is 0 Å². The molecule has 0 fully saturated rings. The fourth-order valence-corrected chi connectivity index (χ4v) is 4.86. The van der Waals surface area contributed by atoms with Crippen molar-refractivity contribution in [2.24, 2.45) is 0 Å². The average Bonchev–Trinajstić information content (AvgIpc) is 3.23. The Morgan fingerprint density at radius 1 is 1.12 bits per heavy atom. The molecule has 0 amide bonds. The largest absolute Gasteiger partial charge is 0.466 e. The molecule has 0 aliphatic carbocycles. The lowest BCUT2D eigenvalue weighted by molar-refractivity contribution is -0.143. The van der Waals surface area contributed by atoms with Crippen LogP contribution in [0.15, 0.2) is 18.2 Å². The van der Waals surface area contributed by atoms with Gasteiger partial charge in [-0.3, -0.25) is 4.79 Å². The lowest BCUT2D eigenvalue weighted by Crippen LogP contribution is -2.03. The first-order valence-corrected chi connectivity index (χ1v) is 10.6. The van der Waals surface area contributed by atoms with Gasteiger partial charge < -0.3 is 4.74 Å². The average molecular weight is 389 g/mol. The number of benzene rings is 1. The van der Waals surface area contributed by atoms with Gasteiger partial charge in [0.05, 0.1) is 18.3 Å². The molecular weight excluding hydrogens is 364 g/mol. The minimum Gasteiger partial charge on any atom is -0.466 e. The number of fused-ring (bicyclic) bond motifs is 1. The van der Waals surface area contributed by atoms with E-state index in [1.165, 1.54) is 38.2 Å². The van der Waals surface area contributed by atoms with Crippen LogP contribution in [0.4, 0.5) is 0 Å². The fourth-order valence-electron chi connectivity index (χ4n) is 3.15. The standard InChI is InChI=1S/C20H24N2O2S2/c1-4-24-17(23)9-7-5-6-8-15-12-14(3)25-20(15)16-11-10-13(2)18-19(16)22-26-21-18/h10-12H,4-9H2,1-3H3. The molecule has 6 heteroatoms. The molecule has 0 unspecified atom stereocenters. The van der Waals surface area contributed by atoms with Crippen LogP contribution >= 0.6 is 23.1 Å². The van der Waals surface area contributed by atoms with Crippen molar-refractivity contribution in [1.29, 1.82) is 0 Å². The van der Waals surface area contributed by atoms with E-state index in [-0.39, 0.29) is 5.97 Å². The van der Waals surface area contributed by atoms with E-state index in [4.69, 9.17) is 4.74 Å². The van der Waals surface area contributed by atoms with Gasteiger partial charge in [0.15, 0.2) is 0 Å². The highest BCUT2D eigenvalue weighted by Gasteiger charge is 2.15. The van der Waals surface area contributed by atoms with Gasteiger partial charge in [0.1, 0.15) is 11.0 Å². The van der Waals surface area contributed by atoms with Gasteiger partial charge in [0.2, 0.25) is 0 Å². The molecular formula is C20H24N2O2S2. The number of ether oxygens (including phenoxy) is 1. The summed E-state index contributed by atoms with van der Waals surface area (Å²) in [6.45, 7) is 6.55. The number of carbonyl (C=O) groups excluding carboxylic acids is 1. The number of aryl methyl sites for hydroxylation is 3. The highest BCUT2D eigenvalue weighted by Crippen LogP contribution is 2.37. The molecule has 1 aromatic carbocycles. The summed E-state index contributed by atoms with van der Waals surface area (Å²) in [6, 6.07) is 6.60. The third-order valence-corrected chi connectivity index (χ3v) is 6.08. The van der Waals surface area contributed by atoms with Crippen LogP contribution in [0.2, 0.25) is 0 Å². The quantitative estimate of drug-likeness (QED) is 0.367. The maximum absolute atomic E-state index is 11.4. The molecule has 0 bridgehead atoms. The molecule has 0 aliphatic rings. The van der Waals surface area contributed by atoms with Crippen molar-refractivity contribution in [2.45, 2.75) is 52.9 Å². The number of unbranched alkanes of at least 4 members (excludes halogenated alkanes) is 2. The highest BCUT2D eigenvalue weighted by molar-refractivity contribution is 7.15. The maximum atomic E-state index is 11.4.